The van der Waals surface area contributed by atoms with Gasteiger partial charge in [-0.2, -0.15) is 0 Å². The van der Waals surface area contributed by atoms with Gasteiger partial charge in [0.05, 0.1) is 20.8 Å². The van der Waals surface area contributed by atoms with Crippen molar-refractivity contribution in [1.29, 1.82) is 0 Å². The highest BCUT2D eigenvalue weighted by Crippen LogP contribution is 2.28. The first-order valence-corrected chi connectivity index (χ1v) is 10.7. The van der Waals surface area contributed by atoms with Crippen molar-refractivity contribution < 1.29 is 14.3 Å². The summed E-state index contributed by atoms with van der Waals surface area (Å²) in [7, 11) is 3.25. The van der Waals surface area contributed by atoms with Crippen molar-refractivity contribution >= 4 is 17.3 Å². The Labute approximate surface area is 179 Å². The van der Waals surface area contributed by atoms with Gasteiger partial charge in [0.1, 0.15) is 0 Å². The van der Waals surface area contributed by atoms with Gasteiger partial charge >= 0.3 is 0 Å². The summed E-state index contributed by atoms with van der Waals surface area (Å²) in [4.78, 5) is 17.1. The molecule has 0 aliphatic carbocycles. The second-order valence-corrected chi connectivity index (χ2v) is 7.64. The number of hydrogen-bond acceptors (Lipinski definition) is 5. The monoisotopic (exact) mass is 411 g/mol. The number of ether oxygens (including phenoxy) is 2. The molecule has 1 heterocycles. The van der Waals surface area contributed by atoms with E-state index >= 15 is 0 Å². The lowest BCUT2D eigenvalue weighted by Gasteiger charge is -2.28. The Morgan fingerprint density at radius 1 is 1.00 bits per heavy atom. The Morgan fingerprint density at radius 2 is 1.70 bits per heavy atom. The molecular formula is C24H33N3O3. The molecular weight excluding hydrogens is 378 g/mol. The van der Waals surface area contributed by atoms with E-state index in [0.29, 0.717) is 24.6 Å². The Morgan fingerprint density at radius 3 is 2.33 bits per heavy atom. The average Bonchev–Trinajstić information content (AvgIpc) is 2.79. The molecule has 3 rings (SSSR count). The fourth-order valence-electron chi connectivity index (χ4n) is 3.83. The molecule has 1 aliphatic heterocycles. The zero-order chi connectivity index (χ0) is 21.3. The number of likely N-dealkylation sites (N-methyl/N-ethyl adjacent to an activating group) is 1. The van der Waals surface area contributed by atoms with E-state index in [0.717, 1.165) is 30.9 Å². The van der Waals surface area contributed by atoms with Crippen LogP contribution in [-0.4, -0.2) is 51.2 Å². The molecule has 0 atom stereocenters. The van der Waals surface area contributed by atoms with Gasteiger partial charge in [-0.3, -0.25) is 9.69 Å². The number of nitrogens with one attached hydrogen (secondary N) is 1. The summed E-state index contributed by atoms with van der Waals surface area (Å²) in [5.41, 5.74) is 3.15. The van der Waals surface area contributed by atoms with Crippen LogP contribution in [0.3, 0.4) is 0 Å². The number of benzene rings is 2. The molecule has 0 unspecified atom stereocenters. The Balaban J connectivity index is 1.55. The summed E-state index contributed by atoms with van der Waals surface area (Å²) < 4.78 is 10.7. The Bertz CT molecular complexity index is 817. The van der Waals surface area contributed by atoms with Gasteiger partial charge in [-0.05, 0) is 67.8 Å². The molecule has 162 valence electrons. The normalized spacial score (nSPS) is 13.9. The number of rotatable bonds is 9. The van der Waals surface area contributed by atoms with Crippen LogP contribution in [0, 0.1) is 0 Å². The van der Waals surface area contributed by atoms with Crippen LogP contribution in [-0.2, 0) is 11.3 Å². The molecule has 0 saturated carbocycles. The highest BCUT2D eigenvalue weighted by Gasteiger charge is 2.13. The number of carbonyl (C=O) groups is 1. The van der Waals surface area contributed by atoms with E-state index in [1.54, 1.807) is 14.2 Å². The second-order valence-electron chi connectivity index (χ2n) is 7.64. The van der Waals surface area contributed by atoms with Crippen LogP contribution in [0.5, 0.6) is 11.5 Å². The highest BCUT2D eigenvalue weighted by atomic mass is 16.5. The summed E-state index contributed by atoms with van der Waals surface area (Å²) in [6.07, 6.45) is 3.83. The molecule has 1 saturated heterocycles. The number of anilines is 2. The number of piperidine rings is 1. The SMILES string of the molecule is CCN(CC(=O)Nc1ccc(N2CCCCC2)cc1)Cc1ccc(OC)c(OC)c1. The highest BCUT2D eigenvalue weighted by molar-refractivity contribution is 5.92. The lowest BCUT2D eigenvalue weighted by molar-refractivity contribution is -0.117. The van der Waals surface area contributed by atoms with Crippen LogP contribution in [0.25, 0.3) is 0 Å². The molecule has 6 nitrogen and oxygen atoms in total. The molecule has 1 aliphatic rings. The standard InChI is InChI=1S/C24H33N3O3/c1-4-26(17-19-8-13-22(29-2)23(16-19)30-3)18-24(28)25-20-9-11-21(12-10-20)27-14-6-5-7-15-27/h8-13,16H,4-7,14-15,17-18H2,1-3H3,(H,25,28). The van der Waals surface area contributed by atoms with Gasteiger partial charge in [-0.1, -0.05) is 13.0 Å². The van der Waals surface area contributed by atoms with Crippen LogP contribution in [0.15, 0.2) is 42.5 Å². The van der Waals surface area contributed by atoms with E-state index in [1.165, 1.54) is 24.9 Å². The van der Waals surface area contributed by atoms with Crippen LogP contribution in [0.2, 0.25) is 0 Å². The van der Waals surface area contributed by atoms with Crippen LogP contribution in [0.4, 0.5) is 11.4 Å². The predicted octanol–water partition coefficient (Wildman–Crippen LogP) is 4.15. The van der Waals surface area contributed by atoms with E-state index in [4.69, 9.17) is 9.47 Å². The van der Waals surface area contributed by atoms with Crippen molar-refractivity contribution in [3.63, 3.8) is 0 Å². The van der Waals surface area contributed by atoms with Crippen molar-refractivity contribution in [2.45, 2.75) is 32.7 Å². The molecule has 2 aromatic carbocycles. The topological polar surface area (TPSA) is 54.0 Å². The molecule has 1 fully saturated rings. The van der Waals surface area contributed by atoms with Gasteiger partial charge in [0.2, 0.25) is 5.91 Å². The van der Waals surface area contributed by atoms with Crippen LogP contribution < -0.4 is 19.7 Å². The molecule has 6 heteroatoms. The number of amides is 1. The zero-order valence-electron chi connectivity index (χ0n) is 18.3. The molecule has 2 aromatic rings. The van der Waals surface area contributed by atoms with Crippen molar-refractivity contribution in [2.75, 3.05) is 50.6 Å². The van der Waals surface area contributed by atoms with E-state index in [9.17, 15) is 4.79 Å². The van der Waals surface area contributed by atoms with Crippen molar-refractivity contribution in [1.82, 2.24) is 4.90 Å². The van der Waals surface area contributed by atoms with Crippen molar-refractivity contribution in [3.8, 4) is 11.5 Å². The van der Waals surface area contributed by atoms with E-state index in [1.807, 2.05) is 30.3 Å². The lowest BCUT2D eigenvalue weighted by atomic mass is 10.1. The third-order valence-electron chi connectivity index (χ3n) is 5.54. The maximum atomic E-state index is 12.6. The maximum Gasteiger partial charge on any atom is 0.238 e. The minimum Gasteiger partial charge on any atom is -0.493 e. The van der Waals surface area contributed by atoms with Crippen LogP contribution >= 0.6 is 0 Å². The fraction of sp³-hybridized carbons (Fsp3) is 0.458. The zero-order valence-corrected chi connectivity index (χ0v) is 18.3. The van der Waals surface area contributed by atoms with Gasteiger partial charge in [0.25, 0.3) is 0 Å². The van der Waals surface area contributed by atoms with E-state index in [-0.39, 0.29) is 5.91 Å². The van der Waals surface area contributed by atoms with Gasteiger partial charge in [0, 0.05) is 31.0 Å². The molecule has 0 radical (unpaired) electrons. The molecule has 30 heavy (non-hydrogen) atoms. The second kappa shape index (κ2) is 10.9. The summed E-state index contributed by atoms with van der Waals surface area (Å²) >= 11 is 0. The number of carbonyl (C=O) groups excluding carboxylic acids is 1. The fourth-order valence-corrected chi connectivity index (χ4v) is 3.83. The van der Waals surface area contributed by atoms with Crippen molar-refractivity contribution in [3.05, 3.63) is 48.0 Å². The summed E-state index contributed by atoms with van der Waals surface area (Å²) in [5, 5.41) is 3.02. The molecule has 0 bridgehead atoms. The molecule has 0 aromatic heterocycles. The van der Waals surface area contributed by atoms with E-state index in [2.05, 4.69) is 34.2 Å². The average molecular weight is 412 g/mol. The summed E-state index contributed by atoms with van der Waals surface area (Å²) in [5.74, 6) is 1.39. The summed E-state index contributed by atoms with van der Waals surface area (Å²) in [6.45, 7) is 6.06. The minimum absolute atomic E-state index is 0.0111. The van der Waals surface area contributed by atoms with Gasteiger partial charge in [0.15, 0.2) is 11.5 Å². The first-order chi connectivity index (χ1) is 14.6. The Kier molecular flexibility index (Phi) is 7.97. The Hall–Kier alpha value is -2.73. The van der Waals surface area contributed by atoms with Crippen LogP contribution in [0.1, 0.15) is 31.7 Å². The number of nitrogens with zero attached hydrogens (tertiary/aromatic N) is 2. The van der Waals surface area contributed by atoms with Crippen molar-refractivity contribution in [2.24, 2.45) is 0 Å². The predicted molar refractivity (Wildman–Crippen MR) is 122 cm³/mol. The largest absolute Gasteiger partial charge is 0.493 e. The maximum absolute atomic E-state index is 12.6. The number of hydrogen-bond donors (Lipinski definition) is 1. The number of methoxy groups -OCH3 is 2. The quantitative estimate of drug-likeness (QED) is 0.672. The minimum atomic E-state index is -0.0111. The van der Waals surface area contributed by atoms with Gasteiger partial charge < -0.3 is 19.7 Å². The third-order valence-corrected chi connectivity index (χ3v) is 5.54. The van der Waals surface area contributed by atoms with Gasteiger partial charge in [-0.15, -0.1) is 0 Å². The molecule has 1 amide bonds. The van der Waals surface area contributed by atoms with E-state index < -0.39 is 0 Å². The van der Waals surface area contributed by atoms with Gasteiger partial charge in [-0.25, -0.2) is 0 Å². The first-order valence-electron chi connectivity index (χ1n) is 10.7. The lowest BCUT2D eigenvalue weighted by Crippen LogP contribution is -2.32. The summed E-state index contributed by atoms with van der Waals surface area (Å²) in [6, 6.07) is 14.0. The smallest absolute Gasteiger partial charge is 0.238 e. The molecule has 1 N–H and O–H groups in total. The third kappa shape index (κ3) is 5.89. The molecule has 0 spiro atoms. The first kappa shape index (κ1) is 22.0.